The molecule has 1 heterocycles. The van der Waals surface area contributed by atoms with Gasteiger partial charge in [-0.1, -0.05) is 12.1 Å². The number of hydrogen-bond acceptors (Lipinski definition) is 3. The summed E-state index contributed by atoms with van der Waals surface area (Å²) in [5.74, 6) is 0.00848. The van der Waals surface area contributed by atoms with Gasteiger partial charge in [-0.3, -0.25) is 9.63 Å². The van der Waals surface area contributed by atoms with Gasteiger partial charge in [0.2, 0.25) is 0 Å². The highest BCUT2D eigenvalue weighted by Gasteiger charge is 2.23. The third-order valence-electron chi connectivity index (χ3n) is 2.57. The molecule has 1 amide bonds. The van der Waals surface area contributed by atoms with Gasteiger partial charge in [0.25, 0.3) is 5.91 Å². The number of rotatable bonds is 3. The number of nitrogens with zero attached hydrogens (tertiary/aromatic N) is 1. The van der Waals surface area contributed by atoms with Gasteiger partial charge in [-0.05, 0) is 38.0 Å². The van der Waals surface area contributed by atoms with E-state index < -0.39 is 0 Å². The maximum Gasteiger partial charge on any atom is 0.253 e. The number of carbonyl (C=O) groups excluding carboxylic acids is 1. The Balaban J connectivity index is 2.19. The van der Waals surface area contributed by atoms with Crippen LogP contribution >= 0.6 is 0 Å². The van der Waals surface area contributed by atoms with Gasteiger partial charge in [0.05, 0.1) is 18.7 Å². The molecule has 0 bridgehead atoms. The van der Waals surface area contributed by atoms with Crippen LogP contribution < -0.4 is 10.8 Å². The summed E-state index contributed by atoms with van der Waals surface area (Å²) in [6.45, 7) is 4.43. The van der Waals surface area contributed by atoms with Crippen molar-refractivity contribution < 1.29 is 9.63 Å². The van der Waals surface area contributed by atoms with Crippen LogP contribution in [0.2, 0.25) is 0 Å². The number of amides is 1. The Labute approximate surface area is 101 Å². The van der Waals surface area contributed by atoms with Gasteiger partial charge in [-0.25, -0.2) is 0 Å². The SMILES string of the molecule is CC(C)(N)Cc1cccc(N2OCCC2=O)c1. The van der Waals surface area contributed by atoms with E-state index in [1.54, 1.807) is 0 Å². The van der Waals surface area contributed by atoms with Gasteiger partial charge in [0, 0.05) is 5.54 Å². The Bertz CT molecular complexity index is 424. The fourth-order valence-electron chi connectivity index (χ4n) is 1.94. The molecule has 1 aliphatic rings. The van der Waals surface area contributed by atoms with Crippen molar-refractivity contribution in [2.45, 2.75) is 32.2 Å². The van der Waals surface area contributed by atoms with Crippen LogP contribution in [0.5, 0.6) is 0 Å². The standard InChI is InChI=1S/C13H18N2O2/c1-13(2,14)9-10-4-3-5-11(8-10)15-12(16)6-7-17-15/h3-5,8H,6-7,9,14H2,1-2H3. The van der Waals surface area contributed by atoms with Crippen LogP contribution in [0.4, 0.5) is 5.69 Å². The number of benzene rings is 1. The topological polar surface area (TPSA) is 55.6 Å². The van der Waals surface area contributed by atoms with Crippen LogP contribution in [-0.2, 0) is 16.1 Å². The lowest BCUT2D eigenvalue weighted by atomic mass is 9.96. The molecule has 1 aromatic rings. The van der Waals surface area contributed by atoms with E-state index >= 15 is 0 Å². The van der Waals surface area contributed by atoms with E-state index in [0.29, 0.717) is 13.0 Å². The minimum absolute atomic E-state index is 0.00848. The summed E-state index contributed by atoms with van der Waals surface area (Å²) in [5, 5.41) is 1.37. The Morgan fingerprint density at radius 3 is 2.82 bits per heavy atom. The second-order valence-electron chi connectivity index (χ2n) is 5.11. The molecule has 4 nitrogen and oxygen atoms in total. The predicted octanol–water partition coefficient (Wildman–Crippen LogP) is 1.63. The van der Waals surface area contributed by atoms with E-state index in [1.165, 1.54) is 5.06 Å². The van der Waals surface area contributed by atoms with Gasteiger partial charge in [0.15, 0.2) is 0 Å². The molecule has 2 N–H and O–H groups in total. The van der Waals surface area contributed by atoms with Crippen molar-refractivity contribution in [3.05, 3.63) is 29.8 Å². The second kappa shape index (κ2) is 4.47. The molecule has 1 saturated heterocycles. The summed E-state index contributed by atoms with van der Waals surface area (Å²) >= 11 is 0. The van der Waals surface area contributed by atoms with Crippen molar-refractivity contribution in [1.29, 1.82) is 0 Å². The van der Waals surface area contributed by atoms with Crippen molar-refractivity contribution in [2.24, 2.45) is 5.73 Å². The van der Waals surface area contributed by atoms with Crippen molar-refractivity contribution in [3.63, 3.8) is 0 Å². The molecule has 0 saturated carbocycles. The van der Waals surface area contributed by atoms with Crippen LogP contribution in [-0.4, -0.2) is 18.1 Å². The quantitative estimate of drug-likeness (QED) is 0.865. The Morgan fingerprint density at radius 1 is 1.47 bits per heavy atom. The number of hydroxylamine groups is 1. The average Bonchev–Trinajstić information content (AvgIpc) is 2.62. The van der Waals surface area contributed by atoms with Gasteiger partial charge in [0.1, 0.15) is 0 Å². The lowest BCUT2D eigenvalue weighted by Gasteiger charge is -2.20. The minimum atomic E-state index is -0.255. The summed E-state index contributed by atoms with van der Waals surface area (Å²) in [4.78, 5) is 16.8. The minimum Gasteiger partial charge on any atom is -0.325 e. The number of hydrogen-bond donors (Lipinski definition) is 1. The molecule has 1 aromatic carbocycles. The van der Waals surface area contributed by atoms with Crippen LogP contribution in [0.3, 0.4) is 0 Å². The van der Waals surface area contributed by atoms with Crippen molar-refractivity contribution in [3.8, 4) is 0 Å². The molecule has 17 heavy (non-hydrogen) atoms. The second-order valence-corrected chi connectivity index (χ2v) is 5.11. The zero-order chi connectivity index (χ0) is 12.5. The van der Waals surface area contributed by atoms with E-state index in [1.807, 2.05) is 38.1 Å². The Kier molecular flexibility index (Phi) is 3.17. The zero-order valence-electron chi connectivity index (χ0n) is 10.3. The molecule has 1 aliphatic heterocycles. The molecule has 0 aliphatic carbocycles. The molecular formula is C13H18N2O2. The van der Waals surface area contributed by atoms with Crippen molar-refractivity contribution >= 4 is 11.6 Å². The Hall–Kier alpha value is -1.39. The Morgan fingerprint density at radius 2 is 2.24 bits per heavy atom. The molecule has 0 spiro atoms. The molecule has 0 unspecified atom stereocenters. The van der Waals surface area contributed by atoms with Crippen LogP contribution in [0, 0.1) is 0 Å². The van der Waals surface area contributed by atoms with E-state index in [9.17, 15) is 4.79 Å². The van der Waals surface area contributed by atoms with Gasteiger partial charge in [-0.15, -0.1) is 0 Å². The third-order valence-corrected chi connectivity index (χ3v) is 2.57. The molecule has 92 valence electrons. The summed E-state index contributed by atoms with van der Waals surface area (Å²) in [6.07, 6.45) is 1.22. The highest BCUT2D eigenvalue weighted by atomic mass is 16.7. The van der Waals surface area contributed by atoms with Crippen molar-refractivity contribution in [1.82, 2.24) is 0 Å². The summed E-state index contributed by atoms with van der Waals surface area (Å²) in [5.41, 5.74) is 7.63. The molecule has 0 radical (unpaired) electrons. The first-order valence-corrected chi connectivity index (χ1v) is 5.79. The summed E-state index contributed by atoms with van der Waals surface area (Å²) in [6, 6.07) is 7.76. The van der Waals surface area contributed by atoms with E-state index in [-0.39, 0.29) is 11.4 Å². The van der Waals surface area contributed by atoms with Gasteiger partial charge >= 0.3 is 0 Å². The molecule has 1 fully saturated rings. The van der Waals surface area contributed by atoms with Gasteiger partial charge < -0.3 is 5.73 Å². The zero-order valence-corrected chi connectivity index (χ0v) is 10.3. The summed E-state index contributed by atoms with van der Waals surface area (Å²) in [7, 11) is 0. The van der Waals surface area contributed by atoms with Crippen molar-refractivity contribution in [2.75, 3.05) is 11.7 Å². The lowest BCUT2D eigenvalue weighted by molar-refractivity contribution is -0.119. The van der Waals surface area contributed by atoms with Gasteiger partial charge in [-0.2, -0.15) is 5.06 Å². The van der Waals surface area contributed by atoms with Crippen LogP contribution in [0.15, 0.2) is 24.3 Å². The highest BCUT2D eigenvalue weighted by Crippen LogP contribution is 2.22. The maximum atomic E-state index is 11.5. The normalized spacial score (nSPS) is 16.6. The monoisotopic (exact) mass is 234 g/mol. The molecule has 0 atom stereocenters. The predicted molar refractivity (Wildman–Crippen MR) is 66.5 cm³/mol. The van der Waals surface area contributed by atoms with E-state index in [0.717, 1.165) is 17.7 Å². The maximum absolute atomic E-state index is 11.5. The number of carbonyl (C=O) groups is 1. The molecule has 4 heteroatoms. The smallest absolute Gasteiger partial charge is 0.253 e. The first-order chi connectivity index (χ1) is 7.96. The van der Waals surface area contributed by atoms with E-state index in [4.69, 9.17) is 10.6 Å². The number of anilines is 1. The van der Waals surface area contributed by atoms with Crippen LogP contribution in [0.1, 0.15) is 25.8 Å². The third kappa shape index (κ3) is 3.05. The molecule has 0 aromatic heterocycles. The van der Waals surface area contributed by atoms with E-state index in [2.05, 4.69) is 0 Å². The largest absolute Gasteiger partial charge is 0.325 e. The highest BCUT2D eigenvalue weighted by molar-refractivity contribution is 5.92. The summed E-state index contributed by atoms with van der Waals surface area (Å²) < 4.78 is 0. The fraction of sp³-hybridized carbons (Fsp3) is 0.462. The fourth-order valence-corrected chi connectivity index (χ4v) is 1.94. The first-order valence-electron chi connectivity index (χ1n) is 5.79. The average molecular weight is 234 g/mol. The van der Waals surface area contributed by atoms with Crippen LogP contribution in [0.25, 0.3) is 0 Å². The number of nitrogens with two attached hydrogens (primary N) is 1. The lowest BCUT2D eigenvalue weighted by Crippen LogP contribution is -2.34. The first kappa shape index (κ1) is 12.1. The molecular weight excluding hydrogens is 216 g/mol. The molecule has 2 rings (SSSR count).